The first-order valence-electron chi connectivity index (χ1n) is 6.03. The van der Waals surface area contributed by atoms with E-state index in [1.54, 1.807) is 0 Å². The molecule has 0 aromatic carbocycles. The van der Waals surface area contributed by atoms with Crippen LogP contribution in [0.3, 0.4) is 0 Å². The van der Waals surface area contributed by atoms with E-state index < -0.39 is 15.9 Å². The van der Waals surface area contributed by atoms with Crippen LogP contribution in [0.5, 0.6) is 0 Å². The van der Waals surface area contributed by atoms with Gasteiger partial charge in [-0.2, -0.15) is 0 Å². The van der Waals surface area contributed by atoms with E-state index in [2.05, 4.69) is 10.6 Å². The number of rotatable bonds is 3. The van der Waals surface area contributed by atoms with Gasteiger partial charge < -0.3 is 15.1 Å². The molecule has 106 valence electrons. The van der Waals surface area contributed by atoms with E-state index >= 15 is 0 Å². The molecule has 0 spiro atoms. The van der Waals surface area contributed by atoms with Gasteiger partial charge in [-0.1, -0.05) is 0 Å². The Hall–Kier alpha value is -1.38. The van der Waals surface area contributed by atoms with Crippen LogP contribution in [-0.2, 0) is 10.0 Å². The number of hydrogen-bond acceptors (Lipinski definition) is 5. The maximum absolute atomic E-state index is 11.9. The molecule has 0 saturated carbocycles. The van der Waals surface area contributed by atoms with Crippen molar-refractivity contribution in [1.29, 1.82) is 0 Å². The van der Waals surface area contributed by atoms with Crippen LogP contribution in [0, 0.1) is 6.92 Å². The summed E-state index contributed by atoms with van der Waals surface area (Å²) in [6.45, 7) is 3.11. The molecule has 7 nitrogen and oxygen atoms in total. The fourth-order valence-electron chi connectivity index (χ4n) is 2.09. The summed E-state index contributed by atoms with van der Waals surface area (Å²) < 4.78 is 27.7. The van der Waals surface area contributed by atoms with Crippen LogP contribution >= 0.6 is 0 Å². The summed E-state index contributed by atoms with van der Waals surface area (Å²) in [5.41, 5.74) is 0. The van der Waals surface area contributed by atoms with Crippen LogP contribution < -0.4 is 15.8 Å². The minimum atomic E-state index is -3.87. The van der Waals surface area contributed by atoms with E-state index in [-0.39, 0.29) is 22.5 Å². The fourth-order valence-corrected chi connectivity index (χ4v) is 2.80. The highest BCUT2D eigenvalue weighted by molar-refractivity contribution is 7.89. The van der Waals surface area contributed by atoms with Gasteiger partial charge in [0.15, 0.2) is 5.76 Å². The largest absolute Gasteiger partial charge is 0.455 e. The molecule has 4 N–H and O–H groups in total. The van der Waals surface area contributed by atoms with E-state index in [0.717, 1.165) is 25.5 Å². The second-order valence-electron chi connectivity index (χ2n) is 4.59. The Labute approximate surface area is 111 Å². The topological polar surface area (TPSA) is 114 Å². The van der Waals surface area contributed by atoms with Crippen molar-refractivity contribution in [3.8, 4) is 0 Å². The average Bonchev–Trinajstić information content (AvgIpc) is 2.72. The lowest BCUT2D eigenvalue weighted by Gasteiger charge is -2.23. The predicted octanol–water partition coefficient (Wildman–Crippen LogP) is -0.283. The molecule has 1 amide bonds. The lowest BCUT2D eigenvalue weighted by atomic mass is 10.1. The second-order valence-corrected chi connectivity index (χ2v) is 6.12. The Balaban J connectivity index is 2.11. The third kappa shape index (κ3) is 3.34. The summed E-state index contributed by atoms with van der Waals surface area (Å²) >= 11 is 0. The van der Waals surface area contributed by atoms with Gasteiger partial charge in [0.25, 0.3) is 5.91 Å². The normalized spacial score (nSPS) is 20.2. The fraction of sp³-hybridized carbons (Fsp3) is 0.545. The molecular formula is C11H17N3O4S. The van der Waals surface area contributed by atoms with Gasteiger partial charge in [0.2, 0.25) is 10.0 Å². The van der Waals surface area contributed by atoms with Gasteiger partial charge in [-0.05, 0) is 26.3 Å². The van der Waals surface area contributed by atoms with Gasteiger partial charge in [-0.25, -0.2) is 13.6 Å². The Morgan fingerprint density at radius 1 is 1.58 bits per heavy atom. The number of primary sulfonamides is 1. The van der Waals surface area contributed by atoms with Crippen LogP contribution in [0.1, 0.15) is 29.2 Å². The molecule has 0 aliphatic carbocycles. The third-order valence-corrected chi connectivity index (χ3v) is 4.05. The monoisotopic (exact) mass is 287 g/mol. The number of carbonyl (C=O) groups excluding carboxylic acids is 1. The summed E-state index contributed by atoms with van der Waals surface area (Å²) in [5, 5.41) is 11.0. The van der Waals surface area contributed by atoms with Crippen molar-refractivity contribution in [3.63, 3.8) is 0 Å². The van der Waals surface area contributed by atoms with Crippen LogP contribution in [0.15, 0.2) is 15.4 Å². The SMILES string of the molecule is Cc1oc(C(=O)NC2CCCNC2)cc1S(N)(=O)=O. The first-order valence-corrected chi connectivity index (χ1v) is 7.57. The van der Waals surface area contributed by atoms with Crippen molar-refractivity contribution in [1.82, 2.24) is 10.6 Å². The lowest BCUT2D eigenvalue weighted by Crippen LogP contribution is -2.45. The summed E-state index contributed by atoms with van der Waals surface area (Å²) in [7, 11) is -3.87. The van der Waals surface area contributed by atoms with Crippen LogP contribution in [0.2, 0.25) is 0 Å². The van der Waals surface area contributed by atoms with Gasteiger partial charge in [0.05, 0.1) is 0 Å². The predicted molar refractivity (Wildman–Crippen MR) is 68.2 cm³/mol. The molecule has 19 heavy (non-hydrogen) atoms. The first-order chi connectivity index (χ1) is 8.88. The Kier molecular flexibility index (Phi) is 3.93. The maximum atomic E-state index is 11.9. The van der Waals surface area contributed by atoms with Gasteiger partial charge >= 0.3 is 0 Å². The molecule has 1 aliphatic rings. The highest BCUT2D eigenvalue weighted by Crippen LogP contribution is 2.18. The summed E-state index contributed by atoms with van der Waals surface area (Å²) in [6.07, 6.45) is 1.88. The van der Waals surface area contributed by atoms with Crippen LogP contribution in [-0.4, -0.2) is 33.5 Å². The molecule has 0 radical (unpaired) electrons. The molecule has 2 heterocycles. The van der Waals surface area contributed by atoms with Gasteiger partial charge in [-0.15, -0.1) is 0 Å². The summed E-state index contributed by atoms with van der Waals surface area (Å²) in [6, 6.07) is 1.19. The van der Waals surface area contributed by atoms with Gasteiger partial charge in [0.1, 0.15) is 10.7 Å². The number of nitrogens with two attached hydrogens (primary N) is 1. The second kappa shape index (κ2) is 5.32. The molecule has 8 heteroatoms. The summed E-state index contributed by atoms with van der Waals surface area (Å²) in [4.78, 5) is 11.8. The number of sulfonamides is 1. The molecule has 1 aromatic rings. The number of hydrogen-bond donors (Lipinski definition) is 3. The zero-order valence-electron chi connectivity index (χ0n) is 10.6. The van der Waals surface area contributed by atoms with E-state index in [1.807, 2.05) is 0 Å². The quantitative estimate of drug-likeness (QED) is 0.707. The molecule has 1 aliphatic heterocycles. The van der Waals surface area contributed by atoms with Crippen molar-refractivity contribution in [3.05, 3.63) is 17.6 Å². The number of carbonyl (C=O) groups is 1. The van der Waals surface area contributed by atoms with E-state index in [9.17, 15) is 13.2 Å². The van der Waals surface area contributed by atoms with E-state index in [4.69, 9.17) is 9.56 Å². The Bertz CT molecular complexity index is 573. The smallest absolute Gasteiger partial charge is 0.287 e. The standard InChI is InChI=1S/C11H17N3O4S/c1-7-10(19(12,16)17)5-9(18-7)11(15)14-8-3-2-4-13-6-8/h5,8,13H,2-4,6H2,1H3,(H,14,15)(H2,12,16,17). The zero-order chi connectivity index (χ0) is 14.0. The van der Waals surface area contributed by atoms with Crippen LogP contribution in [0.4, 0.5) is 0 Å². The molecule has 1 saturated heterocycles. The third-order valence-electron chi connectivity index (χ3n) is 3.03. The average molecular weight is 287 g/mol. The number of amides is 1. The van der Waals surface area contributed by atoms with E-state index in [0.29, 0.717) is 6.54 Å². The van der Waals surface area contributed by atoms with Crippen molar-refractivity contribution in [2.24, 2.45) is 5.14 Å². The minimum Gasteiger partial charge on any atom is -0.455 e. The van der Waals surface area contributed by atoms with E-state index in [1.165, 1.54) is 6.92 Å². The number of piperidine rings is 1. The number of furan rings is 1. The molecule has 0 bridgehead atoms. The van der Waals surface area contributed by atoms with Crippen molar-refractivity contribution >= 4 is 15.9 Å². The lowest BCUT2D eigenvalue weighted by molar-refractivity contribution is 0.0901. The molecule has 2 rings (SSSR count). The molecule has 1 unspecified atom stereocenters. The van der Waals surface area contributed by atoms with Crippen LogP contribution in [0.25, 0.3) is 0 Å². The molecule has 1 atom stereocenters. The number of aryl methyl sites for hydroxylation is 1. The first kappa shape index (κ1) is 14.0. The van der Waals surface area contributed by atoms with Gasteiger partial charge in [-0.3, -0.25) is 4.79 Å². The Morgan fingerprint density at radius 3 is 2.84 bits per heavy atom. The van der Waals surface area contributed by atoms with Crippen molar-refractivity contribution < 1.29 is 17.6 Å². The highest BCUT2D eigenvalue weighted by atomic mass is 32.2. The highest BCUT2D eigenvalue weighted by Gasteiger charge is 2.23. The number of nitrogens with one attached hydrogen (secondary N) is 2. The summed E-state index contributed by atoms with van der Waals surface area (Å²) in [5.74, 6) is -0.340. The van der Waals surface area contributed by atoms with Crippen molar-refractivity contribution in [2.45, 2.75) is 30.7 Å². The molecule has 1 fully saturated rings. The zero-order valence-corrected chi connectivity index (χ0v) is 11.4. The van der Waals surface area contributed by atoms with Crippen molar-refractivity contribution in [2.75, 3.05) is 13.1 Å². The maximum Gasteiger partial charge on any atom is 0.287 e. The minimum absolute atomic E-state index is 0.0320. The molecule has 1 aromatic heterocycles. The van der Waals surface area contributed by atoms with Gasteiger partial charge in [0, 0.05) is 18.7 Å². The Morgan fingerprint density at radius 2 is 2.32 bits per heavy atom. The molecular weight excluding hydrogens is 270 g/mol.